The van der Waals surface area contributed by atoms with Crippen molar-refractivity contribution in [3.63, 3.8) is 0 Å². The monoisotopic (exact) mass is 274 g/mol. The molecule has 0 bridgehead atoms. The molecule has 0 aliphatic heterocycles. The van der Waals surface area contributed by atoms with Gasteiger partial charge in [-0.2, -0.15) is 5.10 Å². The van der Waals surface area contributed by atoms with E-state index in [4.69, 9.17) is 11.6 Å². The van der Waals surface area contributed by atoms with Gasteiger partial charge in [-0.05, 0) is 12.1 Å². The van der Waals surface area contributed by atoms with E-state index < -0.39 is 0 Å². The van der Waals surface area contributed by atoms with E-state index >= 15 is 0 Å². The number of nitrogens with zero attached hydrogens (tertiary/aromatic N) is 4. The van der Waals surface area contributed by atoms with Crippen molar-refractivity contribution in [1.82, 2.24) is 24.7 Å². The van der Waals surface area contributed by atoms with Gasteiger partial charge in [0.15, 0.2) is 0 Å². The number of H-pyrrole nitrogens is 1. The summed E-state index contributed by atoms with van der Waals surface area (Å²) in [4.78, 5) is 11.0. The standard InChI is InChI=1S/C12H11ClN6/c13-10-2-1-3-11(12(10)19-8-15-7-18-19)16-5-9-4-14-6-17-9/h1-4,6-8,16H,5H2,(H,14,17). The van der Waals surface area contributed by atoms with Gasteiger partial charge in [-0.15, -0.1) is 0 Å². The lowest BCUT2D eigenvalue weighted by atomic mass is 10.2. The fraction of sp³-hybridized carbons (Fsp3) is 0.0833. The van der Waals surface area contributed by atoms with Crippen molar-refractivity contribution in [1.29, 1.82) is 0 Å². The summed E-state index contributed by atoms with van der Waals surface area (Å²) < 4.78 is 1.64. The van der Waals surface area contributed by atoms with E-state index in [2.05, 4.69) is 25.4 Å². The number of hydrogen-bond donors (Lipinski definition) is 2. The van der Waals surface area contributed by atoms with Crippen molar-refractivity contribution in [3.8, 4) is 5.69 Å². The van der Waals surface area contributed by atoms with Crippen molar-refractivity contribution >= 4 is 17.3 Å². The second-order valence-corrected chi connectivity index (χ2v) is 4.31. The fourth-order valence-electron chi connectivity index (χ4n) is 1.79. The Morgan fingerprint density at radius 1 is 1.32 bits per heavy atom. The number of rotatable bonds is 4. The summed E-state index contributed by atoms with van der Waals surface area (Å²) in [6.07, 6.45) is 6.50. The molecule has 0 atom stereocenters. The quantitative estimate of drug-likeness (QED) is 0.765. The van der Waals surface area contributed by atoms with Gasteiger partial charge in [-0.3, -0.25) is 0 Å². The lowest BCUT2D eigenvalue weighted by Crippen LogP contribution is -2.05. The van der Waals surface area contributed by atoms with Crippen molar-refractivity contribution < 1.29 is 0 Å². The molecule has 0 aliphatic carbocycles. The van der Waals surface area contributed by atoms with E-state index in [9.17, 15) is 0 Å². The van der Waals surface area contributed by atoms with E-state index in [-0.39, 0.29) is 0 Å². The van der Waals surface area contributed by atoms with Gasteiger partial charge >= 0.3 is 0 Å². The van der Waals surface area contributed by atoms with Crippen LogP contribution in [0.2, 0.25) is 5.02 Å². The van der Waals surface area contributed by atoms with Crippen LogP contribution >= 0.6 is 11.6 Å². The molecular formula is C12H11ClN6. The molecule has 0 saturated carbocycles. The van der Waals surface area contributed by atoms with E-state index in [1.807, 2.05) is 18.2 Å². The first-order chi connectivity index (χ1) is 9.34. The molecule has 0 spiro atoms. The highest BCUT2D eigenvalue weighted by atomic mass is 35.5. The average molecular weight is 275 g/mol. The van der Waals surface area contributed by atoms with E-state index in [1.165, 1.54) is 6.33 Å². The molecule has 96 valence electrons. The maximum Gasteiger partial charge on any atom is 0.138 e. The zero-order valence-corrected chi connectivity index (χ0v) is 10.7. The minimum Gasteiger partial charge on any atom is -0.378 e. The molecule has 6 nitrogen and oxygen atoms in total. The number of aromatic amines is 1. The number of aromatic nitrogens is 5. The first-order valence-corrected chi connectivity index (χ1v) is 6.07. The number of halogens is 1. The second-order valence-electron chi connectivity index (χ2n) is 3.91. The van der Waals surface area contributed by atoms with Crippen LogP contribution in [0.5, 0.6) is 0 Å². The lowest BCUT2D eigenvalue weighted by molar-refractivity contribution is 0.877. The molecule has 19 heavy (non-hydrogen) atoms. The number of para-hydroxylation sites is 1. The normalized spacial score (nSPS) is 10.6. The SMILES string of the molecule is Clc1cccc(NCc2cnc[nH]2)c1-n1cncn1. The number of nitrogens with one attached hydrogen (secondary N) is 2. The summed E-state index contributed by atoms with van der Waals surface area (Å²) in [6, 6.07) is 5.65. The van der Waals surface area contributed by atoms with E-state index in [0.717, 1.165) is 17.1 Å². The minimum absolute atomic E-state index is 0.611. The number of imidazole rings is 1. The molecule has 0 unspecified atom stereocenters. The maximum absolute atomic E-state index is 6.23. The Morgan fingerprint density at radius 3 is 3.00 bits per heavy atom. The zero-order valence-electron chi connectivity index (χ0n) is 9.92. The van der Waals surface area contributed by atoms with Crippen molar-refractivity contribution in [3.05, 3.63) is 54.1 Å². The number of benzene rings is 1. The molecule has 0 amide bonds. The third kappa shape index (κ3) is 2.43. The molecule has 0 aliphatic rings. The third-order valence-corrected chi connectivity index (χ3v) is 2.96. The predicted molar refractivity (Wildman–Crippen MR) is 72.3 cm³/mol. The summed E-state index contributed by atoms with van der Waals surface area (Å²) in [5.74, 6) is 0. The molecular weight excluding hydrogens is 264 g/mol. The van der Waals surface area contributed by atoms with Crippen molar-refractivity contribution in [2.45, 2.75) is 6.54 Å². The summed E-state index contributed by atoms with van der Waals surface area (Å²) >= 11 is 6.23. The van der Waals surface area contributed by atoms with Crippen LogP contribution in [0, 0.1) is 0 Å². The van der Waals surface area contributed by atoms with Crippen LogP contribution in [0.15, 0.2) is 43.4 Å². The van der Waals surface area contributed by atoms with Crippen LogP contribution < -0.4 is 5.32 Å². The summed E-state index contributed by atoms with van der Waals surface area (Å²) in [5.41, 5.74) is 2.65. The van der Waals surface area contributed by atoms with Crippen LogP contribution in [0.3, 0.4) is 0 Å². The fourth-order valence-corrected chi connectivity index (χ4v) is 2.05. The highest BCUT2D eigenvalue weighted by Gasteiger charge is 2.09. The molecule has 2 heterocycles. The molecule has 0 fully saturated rings. The van der Waals surface area contributed by atoms with Gasteiger partial charge in [0.05, 0.1) is 29.3 Å². The summed E-state index contributed by atoms with van der Waals surface area (Å²) in [5, 5.41) is 8.03. The van der Waals surface area contributed by atoms with Crippen molar-refractivity contribution in [2.24, 2.45) is 0 Å². The summed E-state index contributed by atoms with van der Waals surface area (Å²) in [7, 11) is 0. The highest BCUT2D eigenvalue weighted by molar-refractivity contribution is 6.33. The van der Waals surface area contributed by atoms with E-state index in [0.29, 0.717) is 11.6 Å². The Kier molecular flexibility index (Phi) is 3.16. The Bertz CT molecular complexity index is 647. The molecule has 2 aromatic heterocycles. The largest absolute Gasteiger partial charge is 0.378 e. The highest BCUT2D eigenvalue weighted by Crippen LogP contribution is 2.27. The molecule has 0 saturated heterocycles. The second kappa shape index (κ2) is 5.11. The predicted octanol–water partition coefficient (Wildman–Crippen LogP) is 2.26. The molecule has 0 radical (unpaired) electrons. The minimum atomic E-state index is 0.611. The Morgan fingerprint density at radius 2 is 2.26 bits per heavy atom. The van der Waals surface area contributed by atoms with Gasteiger partial charge < -0.3 is 10.3 Å². The molecule has 2 N–H and O–H groups in total. The number of hydrogen-bond acceptors (Lipinski definition) is 4. The Balaban J connectivity index is 1.91. The van der Waals surface area contributed by atoms with Crippen LogP contribution in [0.4, 0.5) is 5.69 Å². The van der Waals surface area contributed by atoms with Gasteiger partial charge in [0.25, 0.3) is 0 Å². The Hall–Kier alpha value is -2.34. The molecule has 3 aromatic rings. The number of anilines is 1. The first kappa shape index (κ1) is 11.7. The molecule has 7 heteroatoms. The smallest absolute Gasteiger partial charge is 0.138 e. The zero-order chi connectivity index (χ0) is 13.1. The average Bonchev–Trinajstić information content (AvgIpc) is 3.09. The topological polar surface area (TPSA) is 71.4 Å². The van der Waals surface area contributed by atoms with Crippen molar-refractivity contribution in [2.75, 3.05) is 5.32 Å². The summed E-state index contributed by atoms with van der Waals surface area (Å²) in [6.45, 7) is 0.627. The van der Waals surface area contributed by atoms with Gasteiger partial charge in [0, 0.05) is 6.20 Å². The molecule has 3 rings (SSSR count). The maximum atomic E-state index is 6.23. The van der Waals surface area contributed by atoms with Gasteiger partial charge in [0.1, 0.15) is 18.3 Å². The first-order valence-electron chi connectivity index (χ1n) is 5.69. The van der Waals surface area contributed by atoms with Crippen LogP contribution in [0.1, 0.15) is 5.69 Å². The third-order valence-electron chi connectivity index (χ3n) is 2.66. The van der Waals surface area contributed by atoms with Crippen LogP contribution in [-0.2, 0) is 6.54 Å². The van der Waals surface area contributed by atoms with Gasteiger partial charge in [0.2, 0.25) is 0 Å². The Labute approximate surface area is 114 Å². The van der Waals surface area contributed by atoms with Gasteiger partial charge in [-0.1, -0.05) is 17.7 Å². The van der Waals surface area contributed by atoms with Crippen LogP contribution in [0.25, 0.3) is 5.69 Å². The van der Waals surface area contributed by atoms with E-state index in [1.54, 1.807) is 23.5 Å². The molecule has 1 aromatic carbocycles. The van der Waals surface area contributed by atoms with Gasteiger partial charge in [-0.25, -0.2) is 14.6 Å². The lowest BCUT2D eigenvalue weighted by Gasteiger charge is -2.12. The van der Waals surface area contributed by atoms with Crippen LogP contribution in [-0.4, -0.2) is 24.7 Å².